The van der Waals surface area contributed by atoms with Crippen molar-refractivity contribution in [2.45, 2.75) is 39.2 Å². The van der Waals surface area contributed by atoms with Gasteiger partial charge in [-0.25, -0.2) is 4.98 Å². The van der Waals surface area contributed by atoms with Crippen LogP contribution in [-0.2, 0) is 11.2 Å². The average molecular weight is 355 g/mol. The van der Waals surface area contributed by atoms with Crippen molar-refractivity contribution in [3.8, 4) is 11.4 Å². The Labute approximate surface area is 152 Å². The summed E-state index contributed by atoms with van der Waals surface area (Å²) in [6.07, 6.45) is 5.26. The number of rotatable bonds is 6. The largest absolute Gasteiger partial charge is 0.338 e. The zero-order chi connectivity index (χ0) is 18.5. The molecule has 7 nitrogen and oxygen atoms in total. The van der Waals surface area contributed by atoms with E-state index in [0.29, 0.717) is 23.6 Å². The Kier molecular flexibility index (Phi) is 5.78. The fourth-order valence-electron chi connectivity index (χ4n) is 3.37. The fraction of sp³-hybridized carbons (Fsp3) is 0.474. The lowest BCUT2D eigenvalue weighted by atomic mass is 10.1. The summed E-state index contributed by atoms with van der Waals surface area (Å²) in [5.41, 5.74) is 1.51. The topological polar surface area (TPSA) is 91.0 Å². The second kappa shape index (κ2) is 8.23. The second-order valence-electron chi connectivity index (χ2n) is 6.63. The van der Waals surface area contributed by atoms with Gasteiger partial charge in [-0.2, -0.15) is 0 Å². The van der Waals surface area contributed by atoms with Gasteiger partial charge in [0.05, 0.1) is 6.42 Å². The number of nitrogens with zero attached hydrogens (tertiary/aromatic N) is 3. The maximum Gasteiger partial charge on any atom is 0.255 e. The molecule has 138 valence electrons. The van der Waals surface area contributed by atoms with Gasteiger partial charge < -0.3 is 15.2 Å². The highest BCUT2D eigenvalue weighted by Crippen LogP contribution is 2.15. The number of hydrogen-bond donors (Lipinski definition) is 2. The minimum atomic E-state index is -0.259. The van der Waals surface area contributed by atoms with Crippen LogP contribution in [0.2, 0.25) is 0 Å². The predicted octanol–water partition coefficient (Wildman–Crippen LogP) is 1.28. The number of carbonyl (C=O) groups is 1. The molecule has 1 aliphatic rings. The van der Waals surface area contributed by atoms with E-state index in [1.807, 2.05) is 11.0 Å². The predicted molar refractivity (Wildman–Crippen MR) is 99.8 cm³/mol. The van der Waals surface area contributed by atoms with Crippen LogP contribution in [0.4, 0.5) is 0 Å². The Bertz CT molecular complexity index is 812. The molecule has 7 heteroatoms. The number of pyridine rings is 1. The first kappa shape index (κ1) is 18.3. The number of hydrogen-bond acceptors (Lipinski definition) is 5. The van der Waals surface area contributed by atoms with Crippen LogP contribution in [0, 0.1) is 6.92 Å². The first-order valence-corrected chi connectivity index (χ1v) is 9.10. The minimum Gasteiger partial charge on any atom is -0.338 e. The molecule has 1 amide bonds. The molecule has 3 rings (SSSR count). The molecule has 0 radical (unpaired) electrons. The zero-order valence-corrected chi connectivity index (χ0v) is 15.3. The third-order valence-corrected chi connectivity index (χ3v) is 4.75. The number of carbonyl (C=O) groups excluding carboxylic acids is 1. The quantitative estimate of drug-likeness (QED) is 0.815. The standard InChI is InChI=1S/C19H25N5O2/c1-3-9-24(15-6-8-21-12-15)17(25)10-16-13(2)22-18(23-19(16)26)14-5-4-7-20-11-14/h4-5,7,11,15,21H,3,6,8-10,12H2,1-2H3,(H,22,23,26). The molecule has 1 unspecified atom stereocenters. The zero-order valence-electron chi connectivity index (χ0n) is 15.3. The lowest BCUT2D eigenvalue weighted by Gasteiger charge is -2.28. The molecule has 26 heavy (non-hydrogen) atoms. The highest BCUT2D eigenvalue weighted by Gasteiger charge is 2.27. The van der Waals surface area contributed by atoms with Gasteiger partial charge in [-0.05, 0) is 38.4 Å². The molecular formula is C19H25N5O2. The molecule has 2 N–H and O–H groups in total. The van der Waals surface area contributed by atoms with E-state index in [1.165, 1.54) is 0 Å². The van der Waals surface area contributed by atoms with Crippen molar-refractivity contribution in [3.63, 3.8) is 0 Å². The van der Waals surface area contributed by atoms with Gasteiger partial charge in [0.1, 0.15) is 5.82 Å². The Hall–Kier alpha value is -2.54. The summed E-state index contributed by atoms with van der Waals surface area (Å²) in [4.78, 5) is 38.7. The lowest BCUT2D eigenvalue weighted by Crippen LogP contribution is -2.43. The van der Waals surface area contributed by atoms with Crippen LogP contribution in [0.3, 0.4) is 0 Å². The molecule has 1 fully saturated rings. The summed E-state index contributed by atoms with van der Waals surface area (Å²) >= 11 is 0. The monoisotopic (exact) mass is 355 g/mol. The molecule has 2 aromatic heterocycles. The Morgan fingerprint density at radius 1 is 1.42 bits per heavy atom. The minimum absolute atomic E-state index is 0.00919. The highest BCUT2D eigenvalue weighted by molar-refractivity contribution is 5.79. The number of aromatic nitrogens is 3. The molecule has 0 spiro atoms. The third-order valence-electron chi connectivity index (χ3n) is 4.75. The van der Waals surface area contributed by atoms with E-state index >= 15 is 0 Å². The summed E-state index contributed by atoms with van der Waals surface area (Å²) in [5.74, 6) is 0.465. The van der Waals surface area contributed by atoms with E-state index in [-0.39, 0.29) is 23.9 Å². The summed E-state index contributed by atoms with van der Waals surface area (Å²) < 4.78 is 0. The summed E-state index contributed by atoms with van der Waals surface area (Å²) in [7, 11) is 0. The van der Waals surface area contributed by atoms with Crippen LogP contribution in [-0.4, -0.2) is 51.4 Å². The molecule has 2 aromatic rings. The summed E-state index contributed by atoms with van der Waals surface area (Å²) in [5, 5.41) is 3.30. The number of amides is 1. The molecule has 0 saturated carbocycles. The first-order valence-electron chi connectivity index (χ1n) is 9.10. The van der Waals surface area contributed by atoms with E-state index in [4.69, 9.17) is 0 Å². The van der Waals surface area contributed by atoms with Crippen molar-refractivity contribution in [1.29, 1.82) is 0 Å². The van der Waals surface area contributed by atoms with Crippen LogP contribution in [0.1, 0.15) is 31.0 Å². The Morgan fingerprint density at radius 3 is 2.88 bits per heavy atom. The Morgan fingerprint density at radius 2 is 2.27 bits per heavy atom. The Balaban J connectivity index is 1.82. The molecule has 0 aliphatic carbocycles. The first-order chi connectivity index (χ1) is 12.6. The van der Waals surface area contributed by atoms with Gasteiger partial charge in [0, 0.05) is 48.3 Å². The normalized spacial score (nSPS) is 16.6. The van der Waals surface area contributed by atoms with Crippen LogP contribution in [0.25, 0.3) is 11.4 Å². The molecule has 0 bridgehead atoms. The average Bonchev–Trinajstić information content (AvgIpc) is 3.17. The SMILES string of the molecule is CCCN(C(=O)Cc1c(C)nc(-c2cccnc2)[nH]c1=O)C1CCNC1. The van der Waals surface area contributed by atoms with E-state index in [2.05, 4.69) is 27.2 Å². The van der Waals surface area contributed by atoms with Crippen molar-refractivity contribution in [2.75, 3.05) is 19.6 Å². The highest BCUT2D eigenvalue weighted by atomic mass is 16.2. The molecule has 0 aromatic carbocycles. The van der Waals surface area contributed by atoms with Crippen molar-refractivity contribution < 1.29 is 4.79 Å². The van der Waals surface area contributed by atoms with E-state index in [0.717, 1.165) is 31.5 Å². The van der Waals surface area contributed by atoms with Gasteiger partial charge >= 0.3 is 0 Å². The van der Waals surface area contributed by atoms with Gasteiger partial charge in [0.2, 0.25) is 5.91 Å². The van der Waals surface area contributed by atoms with Gasteiger partial charge in [-0.3, -0.25) is 14.6 Å². The van der Waals surface area contributed by atoms with E-state index < -0.39 is 0 Å². The van der Waals surface area contributed by atoms with Gasteiger partial charge in [0.25, 0.3) is 5.56 Å². The van der Waals surface area contributed by atoms with E-state index in [1.54, 1.807) is 25.4 Å². The van der Waals surface area contributed by atoms with Gasteiger partial charge in [0.15, 0.2) is 0 Å². The maximum atomic E-state index is 12.9. The van der Waals surface area contributed by atoms with Crippen molar-refractivity contribution in [2.24, 2.45) is 0 Å². The molecule has 1 saturated heterocycles. The van der Waals surface area contributed by atoms with Crippen LogP contribution < -0.4 is 10.9 Å². The summed E-state index contributed by atoms with van der Waals surface area (Å²) in [6.45, 7) is 6.30. The lowest BCUT2D eigenvalue weighted by molar-refractivity contribution is -0.132. The van der Waals surface area contributed by atoms with E-state index in [9.17, 15) is 9.59 Å². The van der Waals surface area contributed by atoms with Crippen LogP contribution >= 0.6 is 0 Å². The molecule has 1 atom stereocenters. The third kappa shape index (κ3) is 3.99. The number of aryl methyl sites for hydroxylation is 1. The van der Waals surface area contributed by atoms with Gasteiger partial charge in [-0.15, -0.1) is 0 Å². The molecular weight excluding hydrogens is 330 g/mol. The van der Waals surface area contributed by atoms with Crippen molar-refractivity contribution in [3.05, 3.63) is 46.1 Å². The van der Waals surface area contributed by atoms with Crippen LogP contribution in [0.15, 0.2) is 29.3 Å². The van der Waals surface area contributed by atoms with Crippen molar-refractivity contribution >= 4 is 5.91 Å². The smallest absolute Gasteiger partial charge is 0.255 e. The van der Waals surface area contributed by atoms with Crippen molar-refractivity contribution in [1.82, 2.24) is 25.2 Å². The number of nitrogens with one attached hydrogen (secondary N) is 2. The second-order valence-corrected chi connectivity index (χ2v) is 6.63. The van der Waals surface area contributed by atoms with Gasteiger partial charge in [-0.1, -0.05) is 6.92 Å². The fourth-order valence-corrected chi connectivity index (χ4v) is 3.37. The molecule has 3 heterocycles. The van der Waals surface area contributed by atoms with Crippen LogP contribution in [0.5, 0.6) is 0 Å². The number of aromatic amines is 1. The summed E-state index contributed by atoms with van der Waals surface area (Å²) in [6, 6.07) is 3.84. The molecule has 1 aliphatic heterocycles. The number of H-pyrrole nitrogens is 1. The maximum absolute atomic E-state index is 12.9.